The zero-order chi connectivity index (χ0) is 23.2. The Hall–Kier alpha value is -2.98. The highest BCUT2D eigenvalue weighted by Crippen LogP contribution is 2.25. The van der Waals surface area contributed by atoms with Crippen molar-refractivity contribution in [1.82, 2.24) is 9.62 Å². The third-order valence-corrected chi connectivity index (χ3v) is 6.14. The molecule has 0 fully saturated rings. The van der Waals surface area contributed by atoms with E-state index in [1.54, 1.807) is 20.8 Å². The van der Waals surface area contributed by atoms with E-state index >= 15 is 0 Å². The van der Waals surface area contributed by atoms with Crippen LogP contribution in [0.5, 0.6) is 0 Å². The van der Waals surface area contributed by atoms with Gasteiger partial charge in [0, 0.05) is 19.7 Å². The van der Waals surface area contributed by atoms with Gasteiger partial charge in [-0.05, 0) is 38.8 Å². The van der Waals surface area contributed by atoms with Gasteiger partial charge in [0.15, 0.2) is 4.90 Å². The first-order valence-electron chi connectivity index (χ1n) is 9.63. The van der Waals surface area contributed by atoms with E-state index < -0.39 is 43.3 Å². The van der Waals surface area contributed by atoms with Crippen LogP contribution in [0.15, 0.2) is 59.5 Å². The van der Waals surface area contributed by atoms with Crippen LogP contribution in [0.3, 0.4) is 0 Å². The molecule has 168 valence electrons. The molecule has 0 aromatic heterocycles. The van der Waals surface area contributed by atoms with Crippen LogP contribution in [-0.2, 0) is 21.2 Å². The summed E-state index contributed by atoms with van der Waals surface area (Å²) in [4.78, 5) is 22.5. The van der Waals surface area contributed by atoms with E-state index in [4.69, 9.17) is 4.74 Å². The van der Waals surface area contributed by atoms with Crippen molar-refractivity contribution in [3.05, 3.63) is 70.3 Å². The van der Waals surface area contributed by atoms with Crippen LogP contribution in [0.4, 0.5) is 10.5 Å². The van der Waals surface area contributed by atoms with Crippen molar-refractivity contribution >= 4 is 21.8 Å². The van der Waals surface area contributed by atoms with Crippen LogP contribution in [0.25, 0.3) is 0 Å². The standard InChI is InChI=1S/C21H27N3O6S/c1-21(2,3)30-20(25)22-17(14-16-10-6-5-7-11-16)15-23(4)31(28,29)19-13-9-8-12-18(19)24(26)27/h5-13,17H,14-15H2,1-4H3,(H,22,25)/t17-/m1/s1. The highest BCUT2D eigenvalue weighted by molar-refractivity contribution is 7.89. The largest absolute Gasteiger partial charge is 0.444 e. The molecule has 31 heavy (non-hydrogen) atoms. The number of ether oxygens (including phenoxy) is 1. The third kappa shape index (κ3) is 7.04. The fraction of sp³-hybridized carbons (Fsp3) is 0.381. The normalized spacial score (nSPS) is 12.9. The number of hydrogen-bond donors (Lipinski definition) is 1. The maximum absolute atomic E-state index is 13.0. The Bertz CT molecular complexity index is 1020. The average Bonchev–Trinajstić information content (AvgIpc) is 2.67. The number of nitrogens with zero attached hydrogens (tertiary/aromatic N) is 2. The lowest BCUT2D eigenvalue weighted by Gasteiger charge is -2.27. The predicted octanol–water partition coefficient (Wildman–Crippen LogP) is 3.35. The number of likely N-dealkylation sites (N-methyl/N-ethyl adjacent to an activating group) is 1. The van der Waals surface area contributed by atoms with Gasteiger partial charge in [0.25, 0.3) is 5.69 Å². The molecule has 1 atom stereocenters. The Labute approximate surface area is 182 Å². The quantitative estimate of drug-likeness (QED) is 0.488. The van der Waals surface area contributed by atoms with E-state index in [1.807, 2.05) is 30.3 Å². The summed E-state index contributed by atoms with van der Waals surface area (Å²) in [7, 11) is -2.85. The van der Waals surface area contributed by atoms with Crippen LogP contribution in [0.1, 0.15) is 26.3 Å². The molecule has 0 bridgehead atoms. The summed E-state index contributed by atoms with van der Waals surface area (Å²) in [6, 6.07) is 13.8. The van der Waals surface area contributed by atoms with Crippen LogP contribution in [-0.4, -0.2) is 49.0 Å². The lowest BCUT2D eigenvalue weighted by atomic mass is 10.1. The van der Waals surface area contributed by atoms with E-state index in [0.29, 0.717) is 6.42 Å². The fourth-order valence-electron chi connectivity index (χ4n) is 2.94. The molecule has 0 radical (unpaired) electrons. The summed E-state index contributed by atoms with van der Waals surface area (Å²) < 4.78 is 32.4. The number of alkyl carbamates (subject to hydrolysis) is 1. The second kappa shape index (κ2) is 9.88. The average molecular weight is 450 g/mol. The number of nitrogens with one attached hydrogen (secondary N) is 1. The van der Waals surface area contributed by atoms with Crippen molar-refractivity contribution in [2.75, 3.05) is 13.6 Å². The zero-order valence-electron chi connectivity index (χ0n) is 17.9. The molecule has 0 saturated heterocycles. The van der Waals surface area contributed by atoms with Crippen molar-refractivity contribution in [3.8, 4) is 0 Å². The summed E-state index contributed by atoms with van der Waals surface area (Å²) in [6.07, 6.45) is -0.332. The van der Waals surface area contributed by atoms with Gasteiger partial charge in [-0.3, -0.25) is 10.1 Å². The van der Waals surface area contributed by atoms with Gasteiger partial charge >= 0.3 is 6.09 Å². The Morgan fingerprint density at radius 1 is 1.13 bits per heavy atom. The molecule has 0 spiro atoms. The second-order valence-corrected chi connectivity index (χ2v) is 10.1. The highest BCUT2D eigenvalue weighted by atomic mass is 32.2. The van der Waals surface area contributed by atoms with Crippen LogP contribution in [0, 0.1) is 10.1 Å². The molecule has 0 aliphatic carbocycles. The Kier molecular flexibility index (Phi) is 7.75. The lowest BCUT2D eigenvalue weighted by Crippen LogP contribution is -2.47. The van der Waals surface area contributed by atoms with E-state index in [1.165, 1.54) is 25.2 Å². The SMILES string of the molecule is CN(C[C@@H](Cc1ccccc1)NC(=O)OC(C)(C)C)S(=O)(=O)c1ccccc1[N+](=O)[O-]. The van der Waals surface area contributed by atoms with Crippen molar-refractivity contribution in [2.45, 2.75) is 43.7 Å². The number of nitro groups is 1. The molecule has 0 aliphatic heterocycles. The smallest absolute Gasteiger partial charge is 0.407 e. The highest BCUT2D eigenvalue weighted by Gasteiger charge is 2.31. The van der Waals surface area contributed by atoms with E-state index in [-0.39, 0.29) is 6.54 Å². The van der Waals surface area contributed by atoms with Crippen molar-refractivity contribution in [3.63, 3.8) is 0 Å². The minimum absolute atomic E-state index is 0.109. The van der Waals surface area contributed by atoms with Crippen LogP contribution >= 0.6 is 0 Å². The van der Waals surface area contributed by atoms with Crippen LogP contribution in [0.2, 0.25) is 0 Å². The van der Waals surface area contributed by atoms with E-state index in [2.05, 4.69) is 5.32 Å². The molecule has 9 nitrogen and oxygen atoms in total. The van der Waals surface area contributed by atoms with Gasteiger partial charge in [-0.15, -0.1) is 0 Å². The first-order valence-corrected chi connectivity index (χ1v) is 11.1. The lowest BCUT2D eigenvalue weighted by molar-refractivity contribution is -0.387. The molecule has 0 aliphatic rings. The maximum Gasteiger partial charge on any atom is 0.407 e. The number of carbonyl (C=O) groups is 1. The number of benzene rings is 2. The molecule has 0 unspecified atom stereocenters. The molecule has 1 N–H and O–H groups in total. The summed E-state index contributed by atoms with van der Waals surface area (Å²) >= 11 is 0. The number of sulfonamides is 1. The van der Waals surface area contributed by atoms with Gasteiger partial charge in [-0.1, -0.05) is 42.5 Å². The molecular weight excluding hydrogens is 422 g/mol. The topological polar surface area (TPSA) is 119 Å². The zero-order valence-corrected chi connectivity index (χ0v) is 18.8. The minimum atomic E-state index is -4.17. The number of carbonyl (C=O) groups excluding carboxylic acids is 1. The maximum atomic E-state index is 13.0. The molecule has 10 heteroatoms. The Morgan fingerprint density at radius 3 is 2.29 bits per heavy atom. The monoisotopic (exact) mass is 449 g/mol. The third-order valence-electron chi connectivity index (χ3n) is 4.27. The number of rotatable bonds is 8. The van der Waals surface area contributed by atoms with Gasteiger partial charge in [0.1, 0.15) is 5.60 Å². The van der Waals surface area contributed by atoms with Crippen molar-refractivity contribution < 1.29 is 22.9 Å². The first kappa shape index (κ1) is 24.3. The van der Waals surface area contributed by atoms with E-state index in [9.17, 15) is 23.3 Å². The number of nitro benzene ring substituents is 1. The molecule has 0 saturated carbocycles. The summed E-state index contributed by atoms with van der Waals surface area (Å²) in [6.45, 7) is 5.07. The van der Waals surface area contributed by atoms with Crippen LogP contribution < -0.4 is 5.32 Å². The van der Waals surface area contributed by atoms with Gasteiger partial charge in [0.2, 0.25) is 10.0 Å². The Balaban J connectivity index is 2.28. The molecule has 2 aromatic carbocycles. The van der Waals surface area contributed by atoms with Crippen molar-refractivity contribution in [2.24, 2.45) is 0 Å². The van der Waals surface area contributed by atoms with Crippen molar-refractivity contribution in [1.29, 1.82) is 0 Å². The van der Waals surface area contributed by atoms with Gasteiger partial charge in [-0.25, -0.2) is 13.2 Å². The van der Waals surface area contributed by atoms with Gasteiger partial charge < -0.3 is 10.1 Å². The molecule has 2 rings (SSSR count). The number of amides is 1. The predicted molar refractivity (Wildman–Crippen MR) is 116 cm³/mol. The number of hydrogen-bond acceptors (Lipinski definition) is 6. The fourth-order valence-corrected chi connectivity index (χ4v) is 4.31. The first-order chi connectivity index (χ1) is 14.4. The molecular formula is C21H27N3O6S. The number of para-hydroxylation sites is 1. The molecule has 1 amide bonds. The summed E-state index contributed by atoms with van der Waals surface area (Å²) in [5.74, 6) is 0. The minimum Gasteiger partial charge on any atom is -0.444 e. The molecule has 2 aromatic rings. The van der Waals surface area contributed by atoms with E-state index in [0.717, 1.165) is 15.9 Å². The summed E-state index contributed by atoms with van der Waals surface area (Å²) in [5.41, 5.74) is -0.335. The summed E-state index contributed by atoms with van der Waals surface area (Å²) in [5, 5.41) is 14.0. The Morgan fingerprint density at radius 2 is 1.71 bits per heavy atom. The molecule has 0 heterocycles. The van der Waals surface area contributed by atoms with Gasteiger partial charge in [0.05, 0.1) is 11.0 Å². The second-order valence-electron chi connectivity index (χ2n) is 8.04. The van der Waals surface area contributed by atoms with Gasteiger partial charge in [-0.2, -0.15) is 4.31 Å².